The maximum atomic E-state index is 12.0. The summed E-state index contributed by atoms with van der Waals surface area (Å²) in [6.07, 6.45) is 3.72. The Morgan fingerprint density at radius 1 is 1.50 bits per heavy atom. The predicted octanol–water partition coefficient (Wildman–Crippen LogP) is 0.216. The average molecular weight is 218 g/mol. The topological polar surface area (TPSA) is 67.7 Å². The lowest BCUT2D eigenvalue weighted by atomic mass is 10.0. The van der Waals surface area contributed by atoms with Crippen molar-refractivity contribution in [2.24, 2.45) is 11.0 Å². The summed E-state index contributed by atoms with van der Waals surface area (Å²) in [7, 11) is 0. The summed E-state index contributed by atoms with van der Waals surface area (Å²) in [6.45, 7) is 1.07. The number of rotatable bonds is 1. The molecular weight excluding hydrogens is 208 g/mol. The first-order chi connectivity index (χ1) is 7.86. The SMILES string of the molecule is O=C1C2COCCC2=NN1c1ccncn1. The van der Waals surface area contributed by atoms with Crippen molar-refractivity contribution in [3.63, 3.8) is 0 Å². The van der Waals surface area contributed by atoms with Crippen LogP contribution in [0, 0.1) is 5.92 Å². The number of aromatic nitrogens is 2. The molecule has 82 valence electrons. The molecule has 0 radical (unpaired) electrons. The molecule has 1 aromatic heterocycles. The second-order valence-electron chi connectivity index (χ2n) is 3.69. The number of hydrogen-bond acceptors (Lipinski definition) is 5. The van der Waals surface area contributed by atoms with Crippen LogP contribution in [0.2, 0.25) is 0 Å². The van der Waals surface area contributed by atoms with Crippen LogP contribution in [0.15, 0.2) is 23.7 Å². The molecule has 0 spiro atoms. The maximum absolute atomic E-state index is 12.0. The molecule has 1 aromatic rings. The van der Waals surface area contributed by atoms with E-state index in [1.54, 1.807) is 12.3 Å². The third-order valence-electron chi connectivity index (χ3n) is 2.71. The molecule has 1 unspecified atom stereocenters. The van der Waals surface area contributed by atoms with Gasteiger partial charge in [0.25, 0.3) is 5.91 Å². The predicted molar refractivity (Wildman–Crippen MR) is 55.9 cm³/mol. The summed E-state index contributed by atoms with van der Waals surface area (Å²) in [5, 5.41) is 5.64. The van der Waals surface area contributed by atoms with E-state index in [0.717, 1.165) is 12.1 Å². The first-order valence-corrected chi connectivity index (χ1v) is 5.11. The van der Waals surface area contributed by atoms with Crippen LogP contribution in [0.4, 0.5) is 5.82 Å². The fourth-order valence-electron chi connectivity index (χ4n) is 1.88. The first kappa shape index (κ1) is 9.41. The van der Waals surface area contributed by atoms with Crippen molar-refractivity contribution in [1.82, 2.24) is 9.97 Å². The molecular formula is C10H10N4O2. The number of nitrogens with zero attached hydrogens (tertiary/aromatic N) is 4. The van der Waals surface area contributed by atoms with Crippen molar-refractivity contribution in [2.45, 2.75) is 6.42 Å². The van der Waals surface area contributed by atoms with Gasteiger partial charge in [0.2, 0.25) is 0 Å². The summed E-state index contributed by atoms with van der Waals surface area (Å²) >= 11 is 0. The molecule has 3 heterocycles. The maximum Gasteiger partial charge on any atom is 0.260 e. The summed E-state index contributed by atoms with van der Waals surface area (Å²) < 4.78 is 5.28. The highest BCUT2D eigenvalue weighted by atomic mass is 16.5. The van der Waals surface area contributed by atoms with E-state index in [1.807, 2.05) is 0 Å². The number of carbonyl (C=O) groups excluding carboxylic acids is 1. The van der Waals surface area contributed by atoms with E-state index >= 15 is 0 Å². The highest BCUT2D eigenvalue weighted by Crippen LogP contribution is 2.25. The highest BCUT2D eigenvalue weighted by molar-refractivity contribution is 6.15. The molecule has 2 aliphatic rings. The standard InChI is InChI=1S/C10H10N4O2/c15-10-7-5-16-4-2-8(7)13-14(10)9-1-3-11-6-12-9/h1,3,6-7H,2,4-5H2. The molecule has 0 saturated carbocycles. The zero-order valence-electron chi connectivity index (χ0n) is 8.54. The lowest BCUT2D eigenvalue weighted by Gasteiger charge is -2.17. The Hall–Kier alpha value is -1.82. The van der Waals surface area contributed by atoms with E-state index in [9.17, 15) is 4.79 Å². The van der Waals surface area contributed by atoms with Crippen molar-refractivity contribution in [3.05, 3.63) is 18.6 Å². The smallest absolute Gasteiger partial charge is 0.260 e. The van der Waals surface area contributed by atoms with E-state index in [-0.39, 0.29) is 11.8 Å². The summed E-state index contributed by atoms with van der Waals surface area (Å²) in [6, 6.07) is 1.67. The van der Waals surface area contributed by atoms with Crippen LogP contribution in [0.25, 0.3) is 0 Å². The minimum atomic E-state index is -0.219. The number of ether oxygens (including phenoxy) is 1. The lowest BCUT2D eigenvalue weighted by molar-refractivity contribution is -0.121. The average Bonchev–Trinajstić information content (AvgIpc) is 2.69. The molecule has 2 aliphatic heterocycles. The largest absolute Gasteiger partial charge is 0.380 e. The molecule has 3 rings (SSSR count). The van der Waals surface area contributed by atoms with E-state index < -0.39 is 0 Å². The zero-order valence-corrected chi connectivity index (χ0v) is 8.54. The van der Waals surface area contributed by atoms with E-state index in [0.29, 0.717) is 19.0 Å². The minimum Gasteiger partial charge on any atom is -0.380 e. The number of amides is 1. The van der Waals surface area contributed by atoms with Gasteiger partial charge in [-0.05, 0) is 0 Å². The molecule has 6 heteroatoms. The first-order valence-electron chi connectivity index (χ1n) is 5.11. The molecule has 16 heavy (non-hydrogen) atoms. The molecule has 6 nitrogen and oxygen atoms in total. The van der Waals surface area contributed by atoms with Crippen LogP contribution < -0.4 is 5.01 Å². The fourth-order valence-corrected chi connectivity index (χ4v) is 1.88. The van der Waals surface area contributed by atoms with Gasteiger partial charge in [-0.15, -0.1) is 0 Å². The Balaban J connectivity index is 1.93. The molecule has 0 aromatic carbocycles. The third kappa shape index (κ3) is 1.38. The number of carbonyl (C=O) groups is 1. The van der Waals surface area contributed by atoms with Crippen molar-refractivity contribution in [2.75, 3.05) is 18.2 Å². The summed E-state index contributed by atoms with van der Waals surface area (Å²) in [5.41, 5.74) is 0.898. The molecule has 0 N–H and O–H groups in total. The Morgan fingerprint density at radius 2 is 2.44 bits per heavy atom. The zero-order chi connectivity index (χ0) is 11.0. The second kappa shape index (κ2) is 3.64. The van der Waals surface area contributed by atoms with Gasteiger partial charge in [0, 0.05) is 18.7 Å². The van der Waals surface area contributed by atoms with Crippen LogP contribution in [-0.2, 0) is 9.53 Å². The molecule has 1 amide bonds. The lowest BCUT2D eigenvalue weighted by Crippen LogP contribution is -2.34. The minimum absolute atomic E-state index is 0.0617. The third-order valence-corrected chi connectivity index (χ3v) is 2.71. The normalized spacial score (nSPS) is 24.2. The highest BCUT2D eigenvalue weighted by Gasteiger charge is 2.38. The van der Waals surface area contributed by atoms with Crippen LogP contribution in [0.5, 0.6) is 0 Å². The van der Waals surface area contributed by atoms with E-state index in [4.69, 9.17) is 4.74 Å². The number of hydrazone groups is 1. The Morgan fingerprint density at radius 3 is 3.19 bits per heavy atom. The van der Waals surface area contributed by atoms with Crippen LogP contribution >= 0.6 is 0 Å². The van der Waals surface area contributed by atoms with Crippen molar-refractivity contribution >= 4 is 17.4 Å². The van der Waals surface area contributed by atoms with E-state index in [2.05, 4.69) is 15.1 Å². The van der Waals surface area contributed by atoms with Crippen LogP contribution in [0.3, 0.4) is 0 Å². The fraction of sp³-hybridized carbons (Fsp3) is 0.400. The molecule has 1 fully saturated rings. The summed E-state index contributed by atoms with van der Waals surface area (Å²) in [4.78, 5) is 19.8. The van der Waals surface area contributed by atoms with Gasteiger partial charge < -0.3 is 4.74 Å². The number of fused-ring (bicyclic) bond motifs is 1. The van der Waals surface area contributed by atoms with Gasteiger partial charge in [-0.3, -0.25) is 4.79 Å². The Labute approximate surface area is 91.9 Å². The van der Waals surface area contributed by atoms with Crippen LogP contribution in [-0.4, -0.2) is 34.8 Å². The number of anilines is 1. The van der Waals surface area contributed by atoms with Gasteiger partial charge in [-0.2, -0.15) is 10.1 Å². The van der Waals surface area contributed by atoms with Crippen LogP contribution in [0.1, 0.15) is 6.42 Å². The molecule has 0 aliphatic carbocycles. The van der Waals surface area contributed by atoms with Gasteiger partial charge in [0.15, 0.2) is 5.82 Å². The van der Waals surface area contributed by atoms with Gasteiger partial charge in [-0.25, -0.2) is 9.97 Å². The second-order valence-corrected chi connectivity index (χ2v) is 3.69. The van der Waals surface area contributed by atoms with Gasteiger partial charge in [-0.1, -0.05) is 0 Å². The van der Waals surface area contributed by atoms with Gasteiger partial charge >= 0.3 is 0 Å². The summed E-state index contributed by atoms with van der Waals surface area (Å²) in [5.74, 6) is 0.235. The number of hydrogen-bond donors (Lipinski definition) is 0. The molecule has 0 bridgehead atoms. The quantitative estimate of drug-likeness (QED) is 0.676. The van der Waals surface area contributed by atoms with Crippen molar-refractivity contribution < 1.29 is 9.53 Å². The molecule has 1 saturated heterocycles. The van der Waals surface area contributed by atoms with Crippen molar-refractivity contribution in [3.8, 4) is 0 Å². The molecule has 1 atom stereocenters. The van der Waals surface area contributed by atoms with E-state index in [1.165, 1.54) is 11.3 Å². The Kier molecular flexibility index (Phi) is 2.14. The Bertz CT molecular complexity index is 445. The monoisotopic (exact) mass is 218 g/mol. The van der Waals surface area contributed by atoms with Crippen molar-refractivity contribution in [1.29, 1.82) is 0 Å². The van der Waals surface area contributed by atoms with Gasteiger partial charge in [0.05, 0.1) is 18.9 Å². The van der Waals surface area contributed by atoms with Gasteiger partial charge in [0.1, 0.15) is 12.2 Å².